The average Bonchev–Trinajstić information content (AvgIpc) is 2.97. The molecule has 4 aromatic rings. The Morgan fingerprint density at radius 2 is 1.78 bits per heavy atom. The van der Waals surface area contributed by atoms with Gasteiger partial charge in [0.25, 0.3) is 11.7 Å². The molecule has 10 heteroatoms. The maximum absolute atomic E-state index is 13.6. The van der Waals surface area contributed by atoms with Gasteiger partial charge in [0.1, 0.15) is 6.33 Å². The lowest BCUT2D eigenvalue weighted by Gasteiger charge is -2.38. The highest BCUT2D eigenvalue weighted by Gasteiger charge is 2.27. The van der Waals surface area contributed by atoms with Crippen molar-refractivity contribution in [2.24, 2.45) is 0 Å². The number of anilines is 4. The number of methoxy groups -OCH3 is 1. The SMILES string of the molecule is COc1c(N)cc(C(C)(C)C)cc1NC(=O)C(=O)c1ccc(N(c2ccncn2)N2CCOCC2)c2ccccc12. The Morgan fingerprint density at radius 1 is 1.05 bits per heavy atom. The lowest BCUT2D eigenvalue weighted by Crippen LogP contribution is -2.47. The number of hydrogen-bond acceptors (Lipinski definition) is 9. The van der Waals surface area contributed by atoms with Crippen LogP contribution in [0.3, 0.4) is 0 Å². The summed E-state index contributed by atoms with van der Waals surface area (Å²) in [5.74, 6) is -0.459. The Morgan fingerprint density at radius 3 is 2.44 bits per heavy atom. The van der Waals surface area contributed by atoms with Crippen LogP contribution in [0.5, 0.6) is 5.75 Å². The van der Waals surface area contributed by atoms with Gasteiger partial charge in [0.15, 0.2) is 11.6 Å². The molecule has 0 spiro atoms. The quantitative estimate of drug-likeness (QED) is 0.190. The molecule has 1 fully saturated rings. The minimum Gasteiger partial charge on any atom is -0.492 e. The van der Waals surface area contributed by atoms with E-state index in [-0.39, 0.29) is 11.0 Å². The second kappa shape index (κ2) is 11.5. The number of fused-ring (bicyclic) bond motifs is 1. The van der Waals surface area contributed by atoms with E-state index in [1.807, 2.05) is 68.2 Å². The van der Waals surface area contributed by atoms with Crippen LogP contribution < -0.4 is 20.8 Å². The van der Waals surface area contributed by atoms with Crippen LogP contribution in [-0.2, 0) is 14.9 Å². The van der Waals surface area contributed by atoms with Crippen molar-refractivity contribution >= 4 is 45.3 Å². The van der Waals surface area contributed by atoms with Crippen LogP contribution in [0.25, 0.3) is 10.8 Å². The highest BCUT2D eigenvalue weighted by molar-refractivity contribution is 6.48. The number of hydrogen-bond donors (Lipinski definition) is 2. The first-order valence-corrected chi connectivity index (χ1v) is 13.4. The van der Waals surface area contributed by atoms with E-state index < -0.39 is 11.7 Å². The van der Waals surface area contributed by atoms with Crippen molar-refractivity contribution in [2.45, 2.75) is 26.2 Å². The average molecular weight is 555 g/mol. The largest absolute Gasteiger partial charge is 0.492 e. The summed E-state index contributed by atoms with van der Waals surface area (Å²) in [4.78, 5) is 35.6. The first-order valence-electron chi connectivity index (χ1n) is 13.4. The summed E-state index contributed by atoms with van der Waals surface area (Å²) in [6, 6.07) is 16.5. The smallest absolute Gasteiger partial charge is 0.296 e. The van der Waals surface area contributed by atoms with Gasteiger partial charge in [0.2, 0.25) is 0 Å². The fourth-order valence-electron chi connectivity index (χ4n) is 4.96. The molecule has 1 amide bonds. The molecule has 1 aliphatic heterocycles. The topological polar surface area (TPSA) is 123 Å². The molecule has 0 bridgehead atoms. The summed E-state index contributed by atoms with van der Waals surface area (Å²) in [6.45, 7) is 8.63. The van der Waals surface area contributed by atoms with Crippen LogP contribution in [0, 0.1) is 0 Å². The van der Waals surface area contributed by atoms with Gasteiger partial charge in [0, 0.05) is 36.3 Å². The third-order valence-corrected chi connectivity index (χ3v) is 7.07. The third-order valence-electron chi connectivity index (χ3n) is 7.07. The molecule has 1 aliphatic rings. The lowest BCUT2D eigenvalue weighted by atomic mass is 9.86. The molecule has 0 aliphatic carbocycles. The van der Waals surface area contributed by atoms with Gasteiger partial charge in [-0.2, -0.15) is 0 Å². The Labute approximate surface area is 239 Å². The van der Waals surface area contributed by atoms with Gasteiger partial charge in [-0.05, 0) is 40.6 Å². The highest BCUT2D eigenvalue weighted by Crippen LogP contribution is 2.38. The summed E-state index contributed by atoms with van der Waals surface area (Å²) in [5.41, 5.74) is 8.74. The van der Waals surface area contributed by atoms with E-state index >= 15 is 0 Å². The number of amides is 1. The number of ketones is 1. The van der Waals surface area contributed by atoms with Crippen LogP contribution in [0.1, 0.15) is 36.7 Å². The van der Waals surface area contributed by atoms with E-state index in [2.05, 4.69) is 20.3 Å². The monoisotopic (exact) mass is 554 g/mol. The zero-order valence-corrected chi connectivity index (χ0v) is 23.7. The zero-order valence-electron chi connectivity index (χ0n) is 23.7. The number of nitrogens with one attached hydrogen (secondary N) is 1. The molecule has 2 heterocycles. The predicted octanol–water partition coefficient (Wildman–Crippen LogP) is 4.72. The van der Waals surface area contributed by atoms with Crippen LogP contribution in [0.4, 0.5) is 22.9 Å². The van der Waals surface area contributed by atoms with Gasteiger partial charge in [0.05, 0.1) is 37.4 Å². The fourth-order valence-corrected chi connectivity index (χ4v) is 4.96. The van der Waals surface area contributed by atoms with Gasteiger partial charge < -0.3 is 20.5 Å². The van der Waals surface area contributed by atoms with Crippen molar-refractivity contribution in [2.75, 3.05) is 49.5 Å². The maximum atomic E-state index is 13.6. The molecule has 0 atom stereocenters. The summed E-state index contributed by atoms with van der Waals surface area (Å²) >= 11 is 0. The van der Waals surface area contributed by atoms with Gasteiger partial charge in [-0.3, -0.25) is 14.6 Å². The van der Waals surface area contributed by atoms with Crippen LogP contribution >= 0.6 is 0 Å². The Bertz CT molecular complexity index is 1580. The number of carbonyl (C=O) groups excluding carboxylic acids is 2. The number of carbonyl (C=O) groups is 2. The summed E-state index contributed by atoms with van der Waals surface area (Å²) in [5, 5.41) is 8.37. The Hall–Kier alpha value is -4.54. The Kier molecular flexibility index (Phi) is 7.87. The van der Waals surface area contributed by atoms with E-state index in [0.717, 1.165) is 16.6 Å². The number of nitrogen functional groups attached to an aromatic ring is 1. The summed E-state index contributed by atoms with van der Waals surface area (Å²) in [6.07, 6.45) is 3.19. The van der Waals surface area contributed by atoms with E-state index in [1.54, 1.807) is 18.3 Å². The van der Waals surface area contributed by atoms with Gasteiger partial charge >= 0.3 is 0 Å². The first-order chi connectivity index (χ1) is 19.7. The number of rotatable bonds is 7. The summed E-state index contributed by atoms with van der Waals surface area (Å²) in [7, 11) is 1.48. The normalized spacial score (nSPS) is 14.0. The molecule has 5 rings (SSSR count). The first kappa shape index (κ1) is 28.0. The molecule has 0 radical (unpaired) electrons. The van der Waals surface area contributed by atoms with E-state index in [1.165, 1.54) is 13.4 Å². The van der Waals surface area contributed by atoms with Gasteiger partial charge in [-0.25, -0.2) is 15.0 Å². The molecule has 0 saturated carbocycles. The Balaban J connectivity index is 1.54. The van der Waals surface area contributed by atoms with E-state index in [9.17, 15) is 9.59 Å². The second-order valence-electron chi connectivity index (χ2n) is 10.8. The number of hydrazine groups is 1. The van der Waals surface area contributed by atoms with Crippen molar-refractivity contribution in [1.82, 2.24) is 15.0 Å². The third kappa shape index (κ3) is 5.70. The van der Waals surface area contributed by atoms with Crippen molar-refractivity contribution in [3.05, 3.63) is 78.2 Å². The minimum absolute atomic E-state index is 0.230. The number of benzene rings is 3. The van der Waals surface area contributed by atoms with Crippen molar-refractivity contribution < 1.29 is 19.1 Å². The van der Waals surface area contributed by atoms with Crippen LogP contribution in [-0.4, -0.2) is 60.1 Å². The van der Waals surface area contributed by atoms with E-state index in [4.69, 9.17) is 15.2 Å². The number of aromatic nitrogens is 2. The standard InChI is InChI=1S/C31H34N6O4/c1-31(2,3)20-17-24(32)29(40-4)25(18-20)35-30(39)28(38)23-9-10-26(22-8-6-5-7-21(22)23)37(27-11-12-33-19-34-27)36-13-15-41-16-14-36/h5-12,17-19H,13-16,32H2,1-4H3,(H,35,39). The molecule has 0 unspecified atom stereocenters. The highest BCUT2D eigenvalue weighted by atomic mass is 16.5. The van der Waals surface area contributed by atoms with Crippen molar-refractivity contribution in [3.8, 4) is 5.75 Å². The van der Waals surface area contributed by atoms with Crippen molar-refractivity contribution in [1.29, 1.82) is 0 Å². The number of Topliss-reactive ketones (excluding diaryl/α,β-unsaturated/α-hetero) is 1. The fraction of sp³-hybridized carbons (Fsp3) is 0.290. The minimum atomic E-state index is -0.785. The molecule has 1 saturated heterocycles. The molecular formula is C31H34N6O4. The van der Waals surface area contributed by atoms with Gasteiger partial charge in [-0.1, -0.05) is 45.0 Å². The van der Waals surface area contributed by atoms with E-state index in [0.29, 0.717) is 54.6 Å². The maximum Gasteiger partial charge on any atom is 0.296 e. The predicted molar refractivity (Wildman–Crippen MR) is 160 cm³/mol. The molecule has 10 nitrogen and oxygen atoms in total. The van der Waals surface area contributed by atoms with Crippen LogP contribution in [0.15, 0.2) is 67.1 Å². The molecule has 212 valence electrons. The summed E-state index contributed by atoms with van der Waals surface area (Å²) < 4.78 is 11.0. The van der Waals surface area contributed by atoms with Crippen LogP contribution in [0.2, 0.25) is 0 Å². The van der Waals surface area contributed by atoms with Crippen molar-refractivity contribution in [3.63, 3.8) is 0 Å². The second-order valence-corrected chi connectivity index (χ2v) is 10.8. The molecule has 3 aromatic carbocycles. The molecule has 41 heavy (non-hydrogen) atoms. The molecule has 1 aromatic heterocycles. The number of morpholine rings is 1. The molecule has 3 N–H and O–H groups in total. The zero-order chi connectivity index (χ0) is 29.1. The number of ether oxygens (including phenoxy) is 2. The lowest BCUT2D eigenvalue weighted by molar-refractivity contribution is -0.112. The number of nitrogens with zero attached hydrogens (tertiary/aromatic N) is 4. The molecular weight excluding hydrogens is 520 g/mol. The number of nitrogens with two attached hydrogens (primary N) is 1. The van der Waals surface area contributed by atoms with Gasteiger partial charge in [-0.15, -0.1) is 0 Å².